The van der Waals surface area contributed by atoms with E-state index in [4.69, 9.17) is 9.47 Å². The molecule has 244 valence electrons. The van der Waals surface area contributed by atoms with Gasteiger partial charge in [-0.25, -0.2) is 9.59 Å². The fourth-order valence-corrected chi connectivity index (χ4v) is 6.17. The van der Waals surface area contributed by atoms with Crippen molar-refractivity contribution < 1.29 is 28.7 Å². The monoisotopic (exact) mass is 620 g/mol. The number of urea groups is 1. The van der Waals surface area contributed by atoms with Crippen LogP contribution >= 0.6 is 0 Å². The fraction of sp³-hybridized carbons (Fsp3) is 0.543. The molecule has 2 aromatic rings. The van der Waals surface area contributed by atoms with Crippen molar-refractivity contribution >= 4 is 23.8 Å². The molecule has 4 amide bonds. The van der Waals surface area contributed by atoms with Gasteiger partial charge in [-0.05, 0) is 56.6 Å². The number of rotatable bonds is 14. The van der Waals surface area contributed by atoms with E-state index in [0.717, 1.165) is 37.7 Å². The molecule has 0 radical (unpaired) electrons. The molecule has 1 aliphatic heterocycles. The van der Waals surface area contributed by atoms with Gasteiger partial charge in [-0.15, -0.1) is 0 Å². The van der Waals surface area contributed by atoms with Crippen molar-refractivity contribution in [2.45, 2.75) is 76.8 Å². The summed E-state index contributed by atoms with van der Waals surface area (Å²) in [4.78, 5) is 53.6. The van der Waals surface area contributed by atoms with Gasteiger partial charge in [0.05, 0.1) is 25.9 Å². The Morgan fingerprint density at radius 2 is 1.56 bits per heavy atom. The van der Waals surface area contributed by atoms with Crippen LogP contribution in [0.25, 0.3) is 0 Å². The van der Waals surface area contributed by atoms with Gasteiger partial charge < -0.3 is 30.3 Å². The smallest absolute Gasteiger partial charge is 0.407 e. The van der Waals surface area contributed by atoms with Crippen LogP contribution in [0.15, 0.2) is 60.7 Å². The molecule has 2 atom stereocenters. The molecule has 2 fully saturated rings. The van der Waals surface area contributed by atoms with Crippen LogP contribution in [0.3, 0.4) is 0 Å². The topological polar surface area (TPSA) is 126 Å². The first-order chi connectivity index (χ1) is 21.8. The average Bonchev–Trinajstić information content (AvgIpc) is 3.08. The van der Waals surface area contributed by atoms with Crippen LogP contribution in [0, 0.1) is 5.41 Å². The van der Waals surface area contributed by atoms with E-state index in [9.17, 15) is 19.2 Å². The highest BCUT2D eigenvalue weighted by atomic mass is 16.5. The number of nitrogens with zero attached hydrogens (tertiary/aromatic N) is 1. The second-order valence-corrected chi connectivity index (χ2v) is 12.3. The lowest BCUT2D eigenvalue weighted by Gasteiger charge is -2.37. The van der Waals surface area contributed by atoms with Crippen LogP contribution in [0.4, 0.5) is 9.59 Å². The van der Waals surface area contributed by atoms with E-state index >= 15 is 0 Å². The van der Waals surface area contributed by atoms with Crippen LogP contribution < -0.4 is 16.0 Å². The summed E-state index contributed by atoms with van der Waals surface area (Å²) in [5.41, 5.74) is 1.92. The zero-order valence-electron chi connectivity index (χ0n) is 26.4. The molecule has 1 saturated heterocycles. The summed E-state index contributed by atoms with van der Waals surface area (Å²) in [5.74, 6) is -1.48. The number of hydrogen-bond donors (Lipinski definition) is 3. The first kappa shape index (κ1) is 34.0. The molecule has 0 spiro atoms. The first-order valence-corrected chi connectivity index (χ1v) is 16.3. The van der Waals surface area contributed by atoms with Gasteiger partial charge in [-0.2, -0.15) is 0 Å². The van der Waals surface area contributed by atoms with Gasteiger partial charge in [0.2, 0.25) is 5.78 Å². The zero-order chi connectivity index (χ0) is 31.9. The minimum absolute atomic E-state index is 0.144. The third-order valence-electron chi connectivity index (χ3n) is 8.82. The lowest BCUT2D eigenvalue weighted by atomic mass is 9.71. The fourth-order valence-electron chi connectivity index (χ4n) is 6.17. The second kappa shape index (κ2) is 17.5. The summed E-state index contributed by atoms with van der Waals surface area (Å²) in [5, 5.41) is 8.37. The standard InChI is InChI=1S/C35H48N4O6/c1-27(29-15-7-3-8-16-29)37-32(41)31(40)30(17-9-12-20-36-33(42)39-21-23-44-24-22-39)38-34(43)45-26-35(18-10-4-11-19-35)25-28-13-5-2-6-14-28/h2-3,5-8,13-16,27,30H,4,9-12,17-26H2,1H3,(H,36,42)(H,37,41)(H,38,43)/t27-,30+/m1/s1. The van der Waals surface area contributed by atoms with E-state index in [-0.39, 0.29) is 30.5 Å². The third-order valence-corrected chi connectivity index (χ3v) is 8.82. The Morgan fingerprint density at radius 1 is 0.889 bits per heavy atom. The van der Waals surface area contributed by atoms with E-state index in [0.29, 0.717) is 45.7 Å². The summed E-state index contributed by atoms with van der Waals surface area (Å²) < 4.78 is 11.1. The van der Waals surface area contributed by atoms with Crippen molar-refractivity contribution in [1.82, 2.24) is 20.9 Å². The molecule has 10 heteroatoms. The lowest BCUT2D eigenvalue weighted by Crippen LogP contribution is -2.48. The van der Waals surface area contributed by atoms with Gasteiger partial charge in [0.1, 0.15) is 6.04 Å². The summed E-state index contributed by atoms with van der Waals surface area (Å²) in [6.45, 7) is 4.63. The number of carbonyl (C=O) groups excluding carboxylic acids is 4. The maximum atomic E-state index is 13.4. The van der Waals surface area contributed by atoms with Crippen LogP contribution in [0.2, 0.25) is 0 Å². The van der Waals surface area contributed by atoms with Crippen LogP contribution in [0.1, 0.15) is 75.5 Å². The second-order valence-electron chi connectivity index (χ2n) is 12.3. The van der Waals surface area contributed by atoms with E-state index < -0.39 is 23.8 Å². The number of hydrogen-bond acceptors (Lipinski definition) is 6. The van der Waals surface area contributed by atoms with Gasteiger partial charge >= 0.3 is 12.1 Å². The van der Waals surface area contributed by atoms with Gasteiger partial charge in [0, 0.05) is 25.0 Å². The number of ether oxygens (including phenoxy) is 2. The normalized spacial score (nSPS) is 17.4. The Kier molecular flexibility index (Phi) is 13.2. The highest BCUT2D eigenvalue weighted by molar-refractivity contribution is 6.38. The number of alkyl carbamates (subject to hydrolysis) is 1. The quantitative estimate of drug-likeness (QED) is 0.203. The van der Waals surface area contributed by atoms with E-state index in [1.165, 1.54) is 12.0 Å². The van der Waals surface area contributed by atoms with Crippen molar-refractivity contribution in [2.24, 2.45) is 5.41 Å². The average molecular weight is 621 g/mol. The van der Waals surface area contributed by atoms with Crippen LogP contribution in [0.5, 0.6) is 0 Å². The molecule has 0 unspecified atom stereocenters. The molecule has 4 rings (SSSR count). The van der Waals surface area contributed by atoms with Crippen molar-refractivity contribution in [3.8, 4) is 0 Å². The highest BCUT2D eigenvalue weighted by Crippen LogP contribution is 2.39. The highest BCUT2D eigenvalue weighted by Gasteiger charge is 2.35. The molecule has 10 nitrogen and oxygen atoms in total. The number of amides is 4. The summed E-state index contributed by atoms with van der Waals surface area (Å²) in [7, 11) is 0. The number of carbonyl (C=O) groups is 4. The molecular formula is C35H48N4O6. The van der Waals surface area contributed by atoms with Gasteiger partial charge in [-0.1, -0.05) is 79.9 Å². The van der Waals surface area contributed by atoms with Gasteiger partial charge in [-0.3, -0.25) is 9.59 Å². The van der Waals surface area contributed by atoms with Crippen molar-refractivity contribution in [1.29, 1.82) is 0 Å². The number of benzene rings is 2. The molecular weight excluding hydrogens is 572 g/mol. The van der Waals surface area contributed by atoms with Crippen molar-refractivity contribution in [3.05, 3.63) is 71.8 Å². The lowest BCUT2D eigenvalue weighted by molar-refractivity contribution is -0.139. The zero-order valence-corrected chi connectivity index (χ0v) is 26.4. The van der Waals surface area contributed by atoms with E-state index in [2.05, 4.69) is 28.1 Å². The first-order valence-electron chi connectivity index (χ1n) is 16.3. The predicted molar refractivity (Wildman–Crippen MR) is 172 cm³/mol. The van der Waals surface area contributed by atoms with Crippen molar-refractivity contribution in [2.75, 3.05) is 39.5 Å². The van der Waals surface area contributed by atoms with E-state index in [1.807, 2.05) is 55.5 Å². The molecule has 1 heterocycles. The summed E-state index contributed by atoms with van der Waals surface area (Å²) in [6.07, 6.45) is 6.73. The van der Waals surface area contributed by atoms with Gasteiger partial charge in [0.25, 0.3) is 5.91 Å². The Hall–Kier alpha value is -3.92. The maximum Gasteiger partial charge on any atom is 0.407 e. The number of morpholine rings is 1. The molecule has 1 saturated carbocycles. The maximum absolute atomic E-state index is 13.4. The minimum atomic E-state index is -1.05. The minimum Gasteiger partial charge on any atom is -0.449 e. The molecule has 2 aliphatic rings. The number of Topliss-reactive ketones (excluding diaryl/α,β-unsaturated/α-hetero) is 1. The molecule has 2 aromatic carbocycles. The summed E-state index contributed by atoms with van der Waals surface area (Å²) >= 11 is 0. The number of nitrogens with one attached hydrogen (secondary N) is 3. The predicted octanol–water partition coefficient (Wildman–Crippen LogP) is 4.93. The molecule has 3 N–H and O–H groups in total. The van der Waals surface area contributed by atoms with Gasteiger partial charge in [0.15, 0.2) is 0 Å². The Bertz CT molecular complexity index is 1230. The molecule has 0 bridgehead atoms. The van der Waals surface area contributed by atoms with E-state index in [1.54, 1.807) is 4.90 Å². The van der Waals surface area contributed by atoms with Crippen molar-refractivity contribution in [3.63, 3.8) is 0 Å². The Labute approximate surface area is 266 Å². The van der Waals surface area contributed by atoms with Crippen LogP contribution in [-0.4, -0.2) is 74.2 Å². The third kappa shape index (κ3) is 10.9. The number of ketones is 1. The molecule has 1 aliphatic carbocycles. The Morgan fingerprint density at radius 3 is 2.24 bits per heavy atom. The molecule has 0 aromatic heterocycles. The molecule has 45 heavy (non-hydrogen) atoms. The number of unbranched alkanes of at least 4 members (excludes halogenated alkanes) is 1. The largest absolute Gasteiger partial charge is 0.449 e. The van der Waals surface area contributed by atoms with Crippen LogP contribution in [-0.2, 0) is 25.5 Å². The Balaban J connectivity index is 1.33. The SMILES string of the molecule is C[C@@H](NC(=O)C(=O)[C@H](CCCCNC(=O)N1CCOCC1)NC(=O)OCC1(Cc2ccccc2)CCCCC1)c1ccccc1. The summed E-state index contributed by atoms with van der Waals surface area (Å²) in [6, 6.07) is 18.0.